The molecule has 0 heterocycles. The van der Waals surface area contributed by atoms with Crippen molar-refractivity contribution in [2.24, 2.45) is 34.5 Å². The molecule has 8 atom stereocenters. The first-order chi connectivity index (χ1) is 12.6. The molecule has 27 heavy (non-hydrogen) atoms. The van der Waals surface area contributed by atoms with Gasteiger partial charge in [-0.1, -0.05) is 26.3 Å². The Morgan fingerprint density at radius 3 is 2.67 bits per heavy atom. The Hall–Kier alpha value is -1.04. The monoisotopic (exact) mass is 376 g/mol. The molecule has 0 amide bonds. The molecule has 0 aromatic heterocycles. The Kier molecular flexibility index (Phi) is 4.27. The van der Waals surface area contributed by atoms with E-state index < -0.39 is 29.5 Å². The van der Waals surface area contributed by atoms with Gasteiger partial charge in [-0.05, 0) is 67.3 Å². The molecule has 3 saturated carbocycles. The summed E-state index contributed by atoms with van der Waals surface area (Å²) in [6.45, 7) is 5.36. The van der Waals surface area contributed by atoms with E-state index >= 15 is 0 Å². The average molecular weight is 376 g/mol. The van der Waals surface area contributed by atoms with Gasteiger partial charge in [-0.3, -0.25) is 9.59 Å². The number of carbonyl (C=O) groups excluding carboxylic acids is 2. The molecular formula is C22H32O5. The summed E-state index contributed by atoms with van der Waals surface area (Å²) in [5.41, 5.74) is -1.31. The third kappa shape index (κ3) is 2.28. The van der Waals surface area contributed by atoms with E-state index in [0.29, 0.717) is 12.8 Å². The lowest BCUT2D eigenvalue weighted by Crippen LogP contribution is -2.63. The topological polar surface area (TPSA) is 94.8 Å². The molecule has 5 nitrogen and oxygen atoms in total. The van der Waals surface area contributed by atoms with Gasteiger partial charge in [0, 0.05) is 11.8 Å². The van der Waals surface area contributed by atoms with Crippen LogP contribution in [-0.2, 0) is 9.59 Å². The summed E-state index contributed by atoms with van der Waals surface area (Å²) in [5.74, 6) is -0.155. The van der Waals surface area contributed by atoms with Gasteiger partial charge in [0.2, 0.25) is 0 Å². The van der Waals surface area contributed by atoms with Crippen LogP contribution in [0.25, 0.3) is 0 Å². The lowest BCUT2D eigenvalue weighted by Gasteiger charge is -2.60. The summed E-state index contributed by atoms with van der Waals surface area (Å²) in [4.78, 5) is 24.5. The maximum absolute atomic E-state index is 12.6. The number of allylic oxidation sites excluding steroid dienone is 1. The van der Waals surface area contributed by atoms with Gasteiger partial charge in [0.1, 0.15) is 12.2 Å². The lowest BCUT2D eigenvalue weighted by atomic mass is 9.45. The first-order valence-electron chi connectivity index (χ1n) is 10.4. The molecule has 150 valence electrons. The number of Topliss-reactive ketones (excluding diaryl/α,β-unsaturated/α-hetero) is 1. The molecule has 0 aliphatic heterocycles. The molecule has 3 N–H and O–H groups in total. The van der Waals surface area contributed by atoms with Crippen molar-refractivity contribution in [3.8, 4) is 0 Å². The van der Waals surface area contributed by atoms with Crippen LogP contribution in [0.3, 0.4) is 0 Å². The first-order valence-corrected chi connectivity index (χ1v) is 10.4. The lowest BCUT2D eigenvalue weighted by molar-refractivity contribution is -0.187. The predicted molar refractivity (Wildman–Crippen MR) is 99.7 cm³/mol. The van der Waals surface area contributed by atoms with Crippen molar-refractivity contribution >= 4 is 11.6 Å². The van der Waals surface area contributed by atoms with Gasteiger partial charge in [-0.2, -0.15) is 0 Å². The summed E-state index contributed by atoms with van der Waals surface area (Å²) in [5, 5.41) is 32.2. The fourth-order valence-corrected chi connectivity index (χ4v) is 7.74. The molecule has 5 heteroatoms. The van der Waals surface area contributed by atoms with Crippen molar-refractivity contribution in [1.29, 1.82) is 0 Å². The van der Waals surface area contributed by atoms with Crippen LogP contribution in [0.1, 0.15) is 59.3 Å². The molecule has 4 rings (SSSR count). The quantitative estimate of drug-likeness (QED) is 0.685. The number of fused-ring (bicyclic) bond motifs is 5. The third-order valence-corrected chi connectivity index (χ3v) is 9.05. The second kappa shape index (κ2) is 5.98. The van der Waals surface area contributed by atoms with Crippen LogP contribution in [-0.4, -0.2) is 45.2 Å². The minimum absolute atomic E-state index is 0.0578. The van der Waals surface area contributed by atoms with E-state index in [-0.39, 0.29) is 34.9 Å². The molecule has 0 spiro atoms. The molecule has 3 unspecified atom stereocenters. The van der Waals surface area contributed by atoms with Crippen molar-refractivity contribution in [2.45, 2.75) is 71.0 Å². The minimum Gasteiger partial charge on any atom is -0.393 e. The highest BCUT2D eigenvalue weighted by Crippen LogP contribution is 2.68. The first kappa shape index (κ1) is 19.3. The van der Waals surface area contributed by atoms with Gasteiger partial charge >= 0.3 is 0 Å². The standard InChI is InChI=1S/C22H32O5/c1-12-8-16-15-5-4-13-9-14(24)6-7-20(13,2)19(15)17(25)10-21(16,3)22(12,27)18(26)11-23/h9,12,15-17,19,23,25,27H,4-8,10-11H2,1-3H3/t12-,15+,16?,17?,19?,20+,21+,22+/m1/s1. The van der Waals surface area contributed by atoms with Gasteiger partial charge < -0.3 is 15.3 Å². The van der Waals surface area contributed by atoms with Crippen molar-refractivity contribution in [1.82, 2.24) is 0 Å². The number of hydrogen-bond donors (Lipinski definition) is 3. The van der Waals surface area contributed by atoms with Crippen LogP contribution in [0.2, 0.25) is 0 Å². The van der Waals surface area contributed by atoms with Crippen molar-refractivity contribution in [3.63, 3.8) is 0 Å². The fraction of sp³-hybridized carbons (Fsp3) is 0.818. The van der Waals surface area contributed by atoms with Gasteiger partial charge in [0.05, 0.1) is 6.10 Å². The van der Waals surface area contributed by atoms with Gasteiger partial charge in [0.15, 0.2) is 11.6 Å². The zero-order valence-electron chi connectivity index (χ0n) is 16.6. The molecule has 0 radical (unpaired) electrons. The molecular weight excluding hydrogens is 344 g/mol. The van der Waals surface area contributed by atoms with Crippen LogP contribution in [0, 0.1) is 34.5 Å². The molecule has 0 saturated heterocycles. The maximum Gasteiger partial charge on any atom is 0.190 e. The molecule has 0 bridgehead atoms. The molecule has 4 aliphatic rings. The van der Waals surface area contributed by atoms with Gasteiger partial charge in [-0.15, -0.1) is 0 Å². The van der Waals surface area contributed by atoms with E-state index in [4.69, 9.17) is 0 Å². The van der Waals surface area contributed by atoms with E-state index in [0.717, 1.165) is 25.7 Å². The van der Waals surface area contributed by atoms with Gasteiger partial charge in [0.25, 0.3) is 0 Å². The number of rotatable bonds is 2. The Morgan fingerprint density at radius 2 is 2.00 bits per heavy atom. The highest BCUT2D eigenvalue weighted by molar-refractivity contribution is 5.92. The van der Waals surface area contributed by atoms with Crippen LogP contribution in [0.15, 0.2) is 11.6 Å². The average Bonchev–Trinajstić information content (AvgIpc) is 2.82. The van der Waals surface area contributed by atoms with E-state index in [1.807, 2.05) is 19.9 Å². The van der Waals surface area contributed by atoms with Crippen LogP contribution < -0.4 is 0 Å². The summed E-state index contributed by atoms with van der Waals surface area (Å²) >= 11 is 0. The van der Waals surface area contributed by atoms with Crippen LogP contribution >= 0.6 is 0 Å². The number of aliphatic hydroxyl groups excluding tert-OH is 2. The highest BCUT2D eigenvalue weighted by atomic mass is 16.3. The van der Waals surface area contributed by atoms with Crippen LogP contribution in [0.5, 0.6) is 0 Å². The number of ketones is 2. The smallest absolute Gasteiger partial charge is 0.190 e. The Morgan fingerprint density at radius 1 is 1.30 bits per heavy atom. The SMILES string of the molecule is C[C@@H]1CC2[C@@H]3CCC4=CC(=O)CC[C@]4(C)C3C(O)C[C@]2(C)[C@@]1(O)C(=O)CO. The zero-order valence-corrected chi connectivity index (χ0v) is 16.6. The molecule has 0 aromatic rings. The Bertz CT molecular complexity index is 713. The van der Waals surface area contributed by atoms with E-state index in [1.165, 1.54) is 5.57 Å². The number of carbonyl (C=O) groups is 2. The Labute approximate surface area is 160 Å². The van der Waals surface area contributed by atoms with Crippen molar-refractivity contribution < 1.29 is 24.9 Å². The van der Waals surface area contributed by atoms with Gasteiger partial charge in [-0.25, -0.2) is 0 Å². The predicted octanol–water partition coefficient (Wildman–Crippen LogP) is 2.03. The maximum atomic E-state index is 12.6. The van der Waals surface area contributed by atoms with E-state index in [2.05, 4.69) is 6.92 Å². The zero-order chi connectivity index (χ0) is 19.8. The Balaban J connectivity index is 1.77. The van der Waals surface area contributed by atoms with Crippen LogP contribution in [0.4, 0.5) is 0 Å². The molecule has 3 fully saturated rings. The van der Waals surface area contributed by atoms with E-state index in [9.17, 15) is 24.9 Å². The molecule has 4 aliphatic carbocycles. The number of aliphatic hydroxyl groups is 3. The second-order valence-corrected chi connectivity index (χ2v) is 10.1. The van der Waals surface area contributed by atoms with E-state index in [1.54, 1.807) is 0 Å². The van der Waals surface area contributed by atoms with Crippen molar-refractivity contribution in [3.05, 3.63) is 11.6 Å². The minimum atomic E-state index is -1.59. The third-order valence-electron chi connectivity index (χ3n) is 9.05. The fourth-order valence-electron chi connectivity index (χ4n) is 7.74. The largest absolute Gasteiger partial charge is 0.393 e. The number of hydrogen-bond acceptors (Lipinski definition) is 5. The summed E-state index contributed by atoms with van der Waals surface area (Å²) in [6, 6.07) is 0. The molecule has 0 aromatic carbocycles. The second-order valence-electron chi connectivity index (χ2n) is 10.1. The summed E-state index contributed by atoms with van der Waals surface area (Å²) < 4.78 is 0. The summed E-state index contributed by atoms with van der Waals surface area (Å²) in [6.07, 6.45) is 5.32. The normalized spacial score (nSPS) is 51.9. The summed E-state index contributed by atoms with van der Waals surface area (Å²) in [7, 11) is 0. The highest BCUT2D eigenvalue weighted by Gasteiger charge is 2.70. The van der Waals surface area contributed by atoms with Crippen molar-refractivity contribution in [2.75, 3.05) is 6.61 Å².